The van der Waals surface area contributed by atoms with Crippen molar-refractivity contribution in [1.29, 1.82) is 0 Å². The van der Waals surface area contributed by atoms with Crippen LogP contribution in [0.1, 0.15) is 24.7 Å². The maximum atomic E-state index is 14.8. The van der Waals surface area contributed by atoms with Gasteiger partial charge in [-0.15, -0.1) is 0 Å². The van der Waals surface area contributed by atoms with E-state index in [-0.39, 0.29) is 28.5 Å². The van der Waals surface area contributed by atoms with E-state index in [0.717, 1.165) is 44.3 Å². The molecule has 0 amide bonds. The van der Waals surface area contributed by atoms with Gasteiger partial charge >= 0.3 is 0 Å². The van der Waals surface area contributed by atoms with Crippen LogP contribution in [0.3, 0.4) is 0 Å². The minimum atomic E-state index is -1.54. The summed E-state index contributed by atoms with van der Waals surface area (Å²) in [6.07, 6.45) is 2.56. The van der Waals surface area contributed by atoms with Crippen molar-refractivity contribution in [3.63, 3.8) is 0 Å². The molecule has 1 aliphatic heterocycles. The van der Waals surface area contributed by atoms with Crippen LogP contribution in [0, 0.1) is 29.1 Å². The molecule has 1 fully saturated rings. The van der Waals surface area contributed by atoms with Crippen LogP contribution >= 0.6 is 0 Å². The zero-order valence-corrected chi connectivity index (χ0v) is 19.1. The first-order chi connectivity index (χ1) is 17.2. The largest absolute Gasteiger partial charge is 0.440 e. The molecule has 0 radical (unpaired) electrons. The van der Waals surface area contributed by atoms with Gasteiger partial charge in [0, 0.05) is 29.8 Å². The molecule has 3 heterocycles. The van der Waals surface area contributed by atoms with E-state index in [1.165, 1.54) is 12.1 Å². The smallest absolute Gasteiger partial charge is 0.255 e. The maximum absolute atomic E-state index is 14.8. The van der Waals surface area contributed by atoms with Gasteiger partial charge in [-0.2, -0.15) is 0 Å². The first kappa shape index (κ1) is 23.9. The molecule has 1 saturated heterocycles. The van der Waals surface area contributed by atoms with Crippen molar-refractivity contribution in [2.24, 2.45) is 0 Å². The van der Waals surface area contributed by atoms with Gasteiger partial charge < -0.3 is 9.32 Å². The predicted octanol–water partition coefficient (Wildman–Crippen LogP) is 5.66. The van der Waals surface area contributed by atoms with Crippen molar-refractivity contribution < 1.29 is 26.4 Å². The van der Waals surface area contributed by atoms with Crippen molar-refractivity contribution in [2.75, 3.05) is 20.1 Å². The maximum Gasteiger partial charge on any atom is 0.255 e. The Hall–Kier alpha value is -3.79. The van der Waals surface area contributed by atoms with E-state index < -0.39 is 40.3 Å². The number of rotatable bonds is 4. The van der Waals surface area contributed by atoms with E-state index in [2.05, 4.69) is 9.88 Å². The van der Waals surface area contributed by atoms with Crippen LogP contribution in [0.15, 0.2) is 57.9 Å². The Labute approximate surface area is 202 Å². The summed E-state index contributed by atoms with van der Waals surface area (Å²) in [5.41, 5.74) is -1.52. The number of nitrogens with zero attached hydrogens (tertiary/aromatic N) is 3. The standard InChI is InChI=1S/C26H20F5N3O2/c1-33-10-8-14(9-11-33)26-32-23(25(36-26)17-4-3-16(27)12-20(17)30)15-2-7-21(35)34(13-15)24-19(29)6-5-18(28)22(24)31/h2-7,12-14H,8-11H2,1H3. The summed E-state index contributed by atoms with van der Waals surface area (Å²) in [7, 11) is 1.99. The Balaban J connectivity index is 1.69. The van der Waals surface area contributed by atoms with Gasteiger partial charge in [-0.05, 0) is 63.3 Å². The average molecular weight is 501 g/mol. The van der Waals surface area contributed by atoms with E-state index in [1.54, 1.807) is 0 Å². The quantitative estimate of drug-likeness (QED) is 0.267. The topological polar surface area (TPSA) is 51.3 Å². The molecule has 5 nitrogen and oxygen atoms in total. The number of pyridine rings is 1. The lowest BCUT2D eigenvalue weighted by molar-refractivity contribution is 0.238. The van der Waals surface area contributed by atoms with E-state index >= 15 is 0 Å². The molecule has 4 aromatic rings. The Morgan fingerprint density at radius 1 is 0.917 bits per heavy atom. The molecule has 0 atom stereocenters. The molecule has 1 aliphatic rings. The van der Waals surface area contributed by atoms with Crippen LogP contribution in [-0.4, -0.2) is 34.6 Å². The van der Waals surface area contributed by atoms with Gasteiger partial charge in [0.2, 0.25) is 0 Å². The molecular weight excluding hydrogens is 481 g/mol. The summed E-state index contributed by atoms with van der Waals surface area (Å²) >= 11 is 0. The summed E-state index contributed by atoms with van der Waals surface area (Å²) in [5.74, 6) is -5.44. The summed E-state index contributed by atoms with van der Waals surface area (Å²) in [5, 5.41) is 0. The molecule has 186 valence electrons. The Kier molecular flexibility index (Phi) is 6.21. The molecule has 5 rings (SSSR count). The van der Waals surface area contributed by atoms with E-state index in [9.17, 15) is 26.7 Å². The first-order valence-electron chi connectivity index (χ1n) is 11.2. The van der Waals surface area contributed by atoms with E-state index in [1.807, 2.05) is 7.05 Å². The number of hydrogen-bond acceptors (Lipinski definition) is 4. The number of oxazole rings is 1. The second kappa shape index (κ2) is 9.34. The van der Waals surface area contributed by atoms with Crippen LogP contribution in [0.4, 0.5) is 22.0 Å². The van der Waals surface area contributed by atoms with Gasteiger partial charge in [-0.1, -0.05) is 0 Å². The van der Waals surface area contributed by atoms with Crippen LogP contribution in [0.2, 0.25) is 0 Å². The second-order valence-corrected chi connectivity index (χ2v) is 8.75. The third-order valence-electron chi connectivity index (χ3n) is 6.33. The summed E-state index contributed by atoms with van der Waals surface area (Å²) in [6.45, 7) is 1.59. The Bertz CT molecular complexity index is 1510. The minimum Gasteiger partial charge on any atom is -0.440 e. The number of likely N-dealkylation sites (tertiary alicyclic amines) is 1. The number of hydrogen-bond donors (Lipinski definition) is 0. The van der Waals surface area contributed by atoms with Crippen molar-refractivity contribution in [1.82, 2.24) is 14.5 Å². The third-order valence-corrected chi connectivity index (χ3v) is 6.33. The second-order valence-electron chi connectivity index (χ2n) is 8.75. The average Bonchev–Trinajstić information content (AvgIpc) is 3.28. The molecule has 0 bridgehead atoms. The molecule has 0 aliphatic carbocycles. The summed E-state index contributed by atoms with van der Waals surface area (Å²) in [4.78, 5) is 19.2. The van der Waals surface area contributed by atoms with Crippen molar-refractivity contribution in [2.45, 2.75) is 18.8 Å². The highest BCUT2D eigenvalue weighted by Gasteiger charge is 2.28. The fraction of sp³-hybridized carbons (Fsp3) is 0.231. The minimum absolute atomic E-state index is 0.0215. The van der Waals surface area contributed by atoms with E-state index in [0.29, 0.717) is 28.7 Å². The van der Waals surface area contributed by atoms with Crippen LogP contribution in [0.25, 0.3) is 28.3 Å². The zero-order valence-electron chi connectivity index (χ0n) is 19.1. The van der Waals surface area contributed by atoms with E-state index in [4.69, 9.17) is 4.42 Å². The molecule has 2 aromatic heterocycles. The lowest BCUT2D eigenvalue weighted by Crippen LogP contribution is -2.29. The first-order valence-corrected chi connectivity index (χ1v) is 11.2. The molecule has 0 N–H and O–H groups in total. The molecule has 2 aromatic carbocycles. The number of benzene rings is 2. The lowest BCUT2D eigenvalue weighted by Gasteiger charge is -2.26. The number of aromatic nitrogens is 2. The summed E-state index contributed by atoms with van der Waals surface area (Å²) in [6, 6.07) is 6.68. The van der Waals surface area contributed by atoms with Gasteiger partial charge in [0.05, 0.1) is 5.56 Å². The molecule has 0 unspecified atom stereocenters. The Morgan fingerprint density at radius 3 is 2.36 bits per heavy atom. The predicted molar refractivity (Wildman–Crippen MR) is 122 cm³/mol. The van der Waals surface area contributed by atoms with Gasteiger partial charge in [-0.25, -0.2) is 26.9 Å². The van der Waals surface area contributed by atoms with Crippen LogP contribution in [0.5, 0.6) is 0 Å². The fourth-order valence-corrected chi connectivity index (χ4v) is 4.36. The number of piperidine rings is 1. The van der Waals surface area contributed by atoms with Gasteiger partial charge in [-0.3, -0.25) is 9.36 Å². The SMILES string of the molecule is CN1CCC(c2nc(-c3ccc(=O)n(-c4c(F)ccc(F)c4F)c3)c(-c3ccc(F)cc3F)o2)CC1. The zero-order chi connectivity index (χ0) is 25.6. The molecule has 0 saturated carbocycles. The monoisotopic (exact) mass is 501 g/mol. The van der Waals surface area contributed by atoms with Crippen LogP contribution in [-0.2, 0) is 0 Å². The fourth-order valence-electron chi connectivity index (χ4n) is 4.36. The van der Waals surface area contributed by atoms with Crippen molar-refractivity contribution in [3.05, 3.63) is 94.0 Å². The molecule has 0 spiro atoms. The highest BCUT2D eigenvalue weighted by Crippen LogP contribution is 2.38. The molecule has 10 heteroatoms. The summed E-state index contributed by atoms with van der Waals surface area (Å²) < 4.78 is 77.7. The molecule has 36 heavy (non-hydrogen) atoms. The third kappa shape index (κ3) is 4.32. The molecular formula is C26H20F5N3O2. The van der Waals surface area contributed by atoms with Crippen molar-refractivity contribution in [3.8, 4) is 28.3 Å². The Morgan fingerprint density at radius 2 is 1.64 bits per heavy atom. The normalized spacial score (nSPS) is 14.9. The van der Waals surface area contributed by atoms with Crippen LogP contribution < -0.4 is 5.56 Å². The highest BCUT2D eigenvalue weighted by molar-refractivity contribution is 5.77. The van der Waals surface area contributed by atoms with Crippen molar-refractivity contribution >= 4 is 0 Å². The number of halogens is 5. The lowest BCUT2D eigenvalue weighted by atomic mass is 9.97. The van der Waals surface area contributed by atoms with Gasteiger partial charge in [0.25, 0.3) is 5.56 Å². The van der Waals surface area contributed by atoms with Gasteiger partial charge in [0.1, 0.15) is 23.0 Å². The van der Waals surface area contributed by atoms with Gasteiger partial charge in [0.15, 0.2) is 29.1 Å². The highest BCUT2D eigenvalue weighted by atomic mass is 19.2.